The number of rotatable bonds is 21. The topological polar surface area (TPSA) is 160 Å². The molecule has 6 aromatic rings. The zero-order valence-corrected chi connectivity index (χ0v) is 41.3. The predicted molar refractivity (Wildman–Crippen MR) is 263 cm³/mol. The maximum Gasteiger partial charge on any atom is 0.259 e. The van der Waals surface area contributed by atoms with Gasteiger partial charge in [-0.15, -0.1) is 0 Å². The number of nitrogens with one attached hydrogen (secondary N) is 2. The lowest BCUT2D eigenvalue weighted by molar-refractivity contribution is -0.122. The Bertz CT molecular complexity index is 2500. The third-order valence-electron chi connectivity index (χ3n) is 11.5. The van der Waals surface area contributed by atoms with Crippen LogP contribution >= 0.6 is 8.53 Å². The molecule has 1 aliphatic rings. The van der Waals surface area contributed by atoms with Crippen LogP contribution in [0, 0.1) is 0 Å². The molecule has 3 heterocycles. The van der Waals surface area contributed by atoms with Crippen LogP contribution in [0.2, 0.25) is 0 Å². The van der Waals surface area contributed by atoms with Crippen LogP contribution in [0.1, 0.15) is 101 Å². The Balaban J connectivity index is 1.26. The van der Waals surface area contributed by atoms with E-state index in [1.54, 1.807) is 44.8 Å². The highest BCUT2D eigenvalue weighted by atomic mass is 31.2. The monoisotopic (exact) mass is 945 g/mol. The van der Waals surface area contributed by atoms with Gasteiger partial charge in [-0.25, -0.2) is 19.6 Å². The summed E-state index contributed by atoms with van der Waals surface area (Å²) in [5, 5.41) is 5.95. The lowest BCUT2D eigenvalue weighted by atomic mass is 9.80. The van der Waals surface area contributed by atoms with E-state index in [1.165, 1.54) is 6.33 Å². The minimum absolute atomic E-state index is 0.0325. The van der Waals surface area contributed by atoms with Crippen molar-refractivity contribution >= 4 is 37.3 Å². The number of nitrogens with zero attached hydrogens (tertiary/aromatic N) is 5. The number of benzene rings is 4. The van der Waals surface area contributed by atoms with Crippen molar-refractivity contribution < 1.29 is 37.6 Å². The fraction of sp³-hybridized carbons (Fsp3) is 0.404. The van der Waals surface area contributed by atoms with Crippen molar-refractivity contribution in [3.63, 3.8) is 0 Å². The Morgan fingerprint density at radius 1 is 0.809 bits per heavy atom. The average molecular weight is 946 g/mol. The fourth-order valence-electron chi connectivity index (χ4n) is 8.43. The van der Waals surface area contributed by atoms with Crippen LogP contribution in [0.5, 0.6) is 11.5 Å². The highest BCUT2D eigenvalue weighted by molar-refractivity contribution is 7.44. The van der Waals surface area contributed by atoms with Gasteiger partial charge < -0.3 is 38.6 Å². The summed E-state index contributed by atoms with van der Waals surface area (Å²) in [6.45, 7) is 14.8. The van der Waals surface area contributed by atoms with Crippen LogP contribution < -0.4 is 20.1 Å². The second-order valence-corrected chi connectivity index (χ2v) is 19.6. The molecular weight excluding hydrogens is 882 g/mol. The fourth-order valence-corrected chi connectivity index (χ4v) is 10.2. The summed E-state index contributed by atoms with van der Waals surface area (Å²) in [6, 6.07) is 35.0. The molecule has 0 aliphatic carbocycles. The first-order chi connectivity index (χ1) is 32.7. The predicted octanol–water partition coefficient (Wildman–Crippen LogP) is 9.83. The number of carbonyl (C=O) groups excluding carboxylic acids is 2. The molecule has 4 aromatic carbocycles. The molecule has 16 heteroatoms. The first-order valence-electron chi connectivity index (χ1n) is 23.1. The zero-order chi connectivity index (χ0) is 48.4. The van der Waals surface area contributed by atoms with E-state index >= 15 is 0 Å². The van der Waals surface area contributed by atoms with E-state index in [1.807, 2.05) is 98.1 Å². The third kappa shape index (κ3) is 11.9. The lowest BCUT2D eigenvalue weighted by Crippen LogP contribution is -2.40. The van der Waals surface area contributed by atoms with Gasteiger partial charge in [-0.1, -0.05) is 72.8 Å². The summed E-state index contributed by atoms with van der Waals surface area (Å²) < 4.78 is 43.7. The molecule has 7 rings (SSSR count). The van der Waals surface area contributed by atoms with Crippen molar-refractivity contribution in [1.82, 2.24) is 29.5 Å². The van der Waals surface area contributed by atoms with E-state index in [-0.39, 0.29) is 41.9 Å². The molecule has 1 unspecified atom stereocenters. The van der Waals surface area contributed by atoms with Crippen molar-refractivity contribution in [2.45, 2.75) is 109 Å². The van der Waals surface area contributed by atoms with Crippen LogP contribution in [0.15, 0.2) is 122 Å². The summed E-state index contributed by atoms with van der Waals surface area (Å²) in [4.78, 5) is 39.8. The van der Waals surface area contributed by atoms with Gasteiger partial charge in [0.25, 0.3) is 14.4 Å². The molecule has 0 saturated carbocycles. The van der Waals surface area contributed by atoms with Crippen LogP contribution in [-0.4, -0.2) is 93.3 Å². The highest BCUT2D eigenvalue weighted by Crippen LogP contribution is 2.51. The summed E-state index contributed by atoms with van der Waals surface area (Å²) >= 11 is 0. The second-order valence-electron chi connectivity index (χ2n) is 18.2. The maximum atomic E-state index is 13.3. The number of imidazole rings is 1. The minimum atomic E-state index is -1.69. The van der Waals surface area contributed by atoms with E-state index in [4.69, 9.17) is 33.0 Å². The van der Waals surface area contributed by atoms with Gasteiger partial charge in [-0.3, -0.25) is 14.2 Å². The maximum absolute atomic E-state index is 13.3. The van der Waals surface area contributed by atoms with Gasteiger partial charge >= 0.3 is 0 Å². The van der Waals surface area contributed by atoms with E-state index in [9.17, 15) is 9.59 Å². The van der Waals surface area contributed by atoms with Gasteiger partial charge in [0.1, 0.15) is 35.8 Å². The van der Waals surface area contributed by atoms with Crippen molar-refractivity contribution in [1.29, 1.82) is 0 Å². The van der Waals surface area contributed by atoms with E-state index in [2.05, 4.69) is 65.1 Å². The zero-order valence-electron chi connectivity index (χ0n) is 40.4. The number of ether oxygens (including phenoxy) is 4. The Morgan fingerprint density at radius 2 is 1.40 bits per heavy atom. The summed E-state index contributed by atoms with van der Waals surface area (Å²) in [5.41, 5.74) is 2.54. The molecular formula is C52H64N7O8P. The van der Waals surface area contributed by atoms with E-state index < -0.39 is 32.6 Å². The minimum Gasteiger partial charge on any atom is -0.497 e. The quantitative estimate of drug-likeness (QED) is 0.0400. The molecule has 2 N–H and O–H groups in total. The SMILES string of the molecule is COc1ccc(C(OC[C@H]2O[C@@H](n3cnc4c(NC(=O)c5ccccc5)ncnc43)C[C@@H]2OP(OCCCC(=O)NC(C)(C)C)N(C(C)C)C(C)C)(c2ccccc2)c2ccc(OC)cc2)cc1. The van der Waals surface area contributed by atoms with Gasteiger partial charge in [0, 0.05) is 36.0 Å². The summed E-state index contributed by atoms with van der Waals surface area (Å²) in [5.74, 6) is 1.35. The largest absolute Gasteiger partial charge is 0.497 e. The Kier molecular flexibility index (Phi) is 16.6. The van der Waals surface area contributed by atoms with Crippen LogP contribution in [-0.2, 0) is 28.9 Å². The molecule has 1 saturated heterocycles. The van der Waals surface area contributed by atoms with Gasteiger partial charge in [0.2, 0.25) is 5.91 Å². The average Bonchev–Trinajstić information content (AvgIpc) is 3.95. The number of fused-ring (bicyclic) bond motifs is 1. The molecule has 1 aliphatic heterocycles. The standard InChI is InChI=1S/C52H64N7O8P/c1-35(2)59(36(3)4)68(65-30-16-21-45(60)57-51(5,6)7)67-43-31-46(58-34-55-47-48(53-33-54-49(47)58)56-50(61)37-17-12-10-13-18-37)66-44(43)32-64-52(38-19-14-11-15-20-38,39-22-26-41(62-8)27-23-39)40-24-28-42(63-9)29-25-40/h10-15,17-20,22-29,33-36,43-44,46H,16,21,30-32H2,1-9H3,(H,57,60)(H,53,54,56,61)/t43-,44+,46+,68?/m0/s1. The molecule has 15 nitrogen and oxygen atoms in total. The Labute approximate surface area is 400 Å². The summed E-state index contributed by atoms with van der Waals surface area (Å²) in [6.07, 6.45) is 2.43. The van der Waals surface area contributed by atoms with Crippen LogP contribution in [0.4, 0.5) is 5.82 Å². The number of hydrogen-bond donors (Lipinski definition) is 2. The van der Waals surface area contributed by atoms with Crippen molar-refractivity contribution in [2.75, 3.05) is 32.8 Å². The van der Waals surface area contributed by atoms with Gasteiger partial charge in [0.15, 0.2) is 17.0 Å². The molecule has 1 fully saturated rings. The van der Waals surface area contributed by atoms with Crippen molar-refractivity contribution in [3.05, 3.63) is 144 Å². The van der Waals surface area contributed by atoms with Gasteiger partial charge in [0.05, 0.1) is 39.9 Å². The van der Waals surface area contributed by atoms with Crippen LogP contribution in [0.3, 0.4) is 0 Å². The second kappa shape index (κ2) is 22.5. The van der Waals surface area contributed by atoms with E-state index in [0.29, 0.717) is 54.1 Å². The van der Waals surface area contributed by atoms with Crippen molar-refractivity contribution in [2.24, 2.45) is 0 Å². The van der Waals surface area contributed by atoms with Gasteiger partial charge in [-0.05, 0) is 108 Å². The molecule has 68 heavy (non-hydrogen) atoms. The number of hydrogen-bond acceptors (Lipinski definition) is 12. The normalized spacial score (nSPS) is 16.9. The number of carbonyl (C=O) groups is 2. The molecule has 360 valence electrons. The Hall–Kier alpha value is -5.80. The lowest BCUT2D eigenvalue weighted by Gasteiger charge is -2.39. The summed E-state index contributed by atoms with van der Waals surface area (Å²) in [7, 11) is 1.60. The molecule has 0 radical (unpaired) electrons. The van der Waals surface area contributed by atoms with E-state index in [0.717, 1.165) is 16.7 Å². The Morgan fingerprint density at radius 3 is 1.97 bits per heavy atom. The molecule has 2 amide bonds. The smallest absolute Gasteiger partial charge is 0.259 e. The molecule has 4 atom stereocenters. The van der Waals surface area contributed by atoms with Gasteiger partial charge in [-0.2, -0.15) is 0 Å². The van der Waals surface area contributed by atoms with Crippen molar-refractivity contribution in [3.8, 4) is 11.5 Å². The third-order valence-corrected chi connectivity index (χ3v) is 13.6. The first-order valence-corrected chi connectivity index (χ1v) is 24.2. The molecule has 0 spiro atoms. The number of aromatic nitrogens is 4. The molecule has 2 aromatic heterocycles. The number of amides is 2. The highest BCUT2D eigenvalue weighted by Gasteiger charge is 2.45. The van der Waals surface area contributed by atoms with Crippen LogP contribution in [0.25, 0.3) is 11.2 Å². The molecule has 0 bridgehead atoms. The number of anilines is 1. The first kappa shape index (κ1) is 50.1. The number of methoxy groups -OCH3 is 2.